The highest BCUT2D eigenvalue weighted by atomic mass is 35.5. The summed E-state index contributed by atoms with van der Waals surface area (Å²) >= 11 is 6.07. The zero-order valence-corrected chi connectivity index (χ0v) is 26.3. The molecule has 1 saturated heterocycles. The summed E-state index contributed by atoms with van der Waals surface area (Å²) in [4.78, 5) is 17.7. The lowest BCUT2D eigenvalue weighted by atomic mass is 9.82. The number of sulfonamides is 1. The number of halogens is 2. The van der Waals surface area contributed by atoms with Crippen LogP contribution in [0.2, 0.25) is 5.02 Å². The van der Waals surface area contributed by atoms with Crippen molar-refractivity contribution in [3.63, 3.8) is 0 Å². The number of hydrogen-bond donors (Lipinski definition) is 2. The quantitative estimate of drug-likeness (QED) is 0.253. The van der Waals surface area contributed by atoms with Gasteiger partial charge in [0.25, 0.3) is 6.57 Å². The first kappa shape index (κ1) is 32.6. The summed E-state index contributed by atoms with van der Waals surface area (Å²) in [5.74, 6) is -1.18. The van der Waals surface area contributed by atoms with E-state index in [0.717, 1.165) is 5.56 Å². The number of amides is 1. The van der Waals surface area contributed by atoms with Gasteiger partial charge in [-0.05, 0) is 74.1 Å². The second-order valence-electron chi connectivity index (χ2n) is 11.4. The molecule has 43 heavy (non-hydrogen) atoms. The number of carbonyl (C=O) groups excluding carboxylic acids is 1. The lowest BCUT2D eigenvalue weighted by Crippen LogP contribution is -2.58. The first-order valence-corrected chi connectivity index (χ1v) is 16.4. The highest BCUT2D eigenvalue weighted by Crippen LogP contribution is 2.33. The van der Waals surface area contributed by atoms with Gasteiger partial charge in [0.2, 0.25) is 10.0 Å². The number of rotatable bonds is 11. The van der Waals surface area contributed by atoms with Gasteiger partial charge in [0, 0.05) is 41.4 Å². The number of benzene rings is 3. The molecule has 3 aromatic rings. The number of anilines is 1. The minimum Gasteiger partial charge on any atom is -0.319 e. The number of hydrogen-bond acceptors (Lipinski definition) is 4. The Labute approximate surface area is 259 Å². The monoisotopic (exact) mass is 625 g/mol. The smallest absolute Gasteiger partial charge is 0.319 e. The van der Waals surface area contributed by atoms with Gasteiger partial charge in [0.1, 0.15) is 5.82 Å². The van der Waals surface area contributed by atoms with Crippen LogP contribution in [0.15, 0.2) is 77.7 Å². The van der Waals surface area contributed by atoms with Crippen molar-refractivity contribution in [3.05, 3.63) is 99.6 Å². The highest BCUT2D eigenvalue weighted by molar-refractivity contribution is 7.89. The Balaban J connectivity index is 1.50. The SMILES string of the molecule is C#[N+]C(C(=O)Nc1cccc(F)c1CCCC1CNCC(C)N1S(=O)(=O)c1ccccc1)C(c1ccc(Cl)cc1)C(C)C. The van der Waals surface area contributed by atoms with Crippen LogP contribution in [0.25, 0.3) is 4.85 Å². The fourth-order valence-electron chi connectivity index (χ4n) is 5.97. The molecule has 4 atom stereocenters. The van der Waals surface area contributed by atoms with Crippen molar-refractivity contribution in [1.29, 1.82) is 0 Å². The Morgan fingerprint density at radius 2 is 1.79 bits per heavy atom. The van der Waals surface area contributed by atoms with Crippen molar-refractivity contribution in [3.8, 4) is 6.57 Å². The minimum absolute atomic E-state index is 0.0258. The van der Waals surface area contributed by atoms with E-state index in [2.05, 4.69) is 15.5 Å². The zero-order chi connectivity index (χ0) is 31.1. The third-order valence-electron chi connectivity index (χ3n) is 8.02. The standard InChI is InChI=1S/C33H38ClFN4O3S/c1-22(2)31(24-16-18-25(34)19-17-24)32(36-4)33(40)38-30-15-9-14-29(35)28(30)13-8-10-26-21-37-20-23(3)39(26)43(41,42)27-11-6-5-7-12-27/h4-7,9,11-12,14-19,22-23,26,31-32,37H,8,10,13,20-21H2,1-3H3/p+1. The van der Waals surface area contributed by atoms with Gasteiger partial charge in [0.05, 0.1) is 10.8 Å². The summed E-state index contributed by atoms with van der Waals surface area (Å²) in [6.45, 7) is 12.7. The third kappa shape index (κ3) is 7.63. The predicted molar refractivity (Wildman–Crippen MR) is 171 cm³/mol. The Hall–Kier alpha value is -3.29. The molecule has 1 heterocycles. The third-order valence-corrected chi connectivity index (χ3v) is 10.3. The van der Waals surface area contributed by atoms with E-state index in [0.29, 0.717) is 48.6 Å². The Morgan fingerprint density at radius 1 is 1.09 bits per heavy atom. The fraction of sp³-hybridized carbons (Fsp3) is 0.394. The van der Waals surface area contributed by atoms with Crippen LogP contribution in [0.3, 0.4) is 0 Å². The van der Waals surface area contributed by atoms with E-state index < -0.39 is 27.8 Å². The van der Waals surface area contributed by atoms with Crippen molar-refractivity contribution in [2.24, 2.45) is 5.92 Å². The molecule has 1 aliphatic heterocycles. The van der Waals surface area contributed by atoms with Crippen LogP contribution in [-0.2, 0) is 21.2 Å². The molecule has 7 nitrogen and oxygen atoms in total. The molecule has 1 amide bonds. The van der Waals surface area contributed by atoms with Gasteiger partial charge in [-0.3, -0.25) is 4.79 Å². The molecule has 0 bridgehead atoms. The molecular formula is C33H39ClFN4O3S+. The lowest BCUT2D eigenvalue weighted by molar-refractivity contribution is -0.117. The number of nitrogens with zero attached hydrogens (tertiary/aromatic N) is 2. The van der Waals surface area contributed by atoms with E-state index in [4.69, 9.17) is 18.2 Å². The molecule has 1 fully saturated rings. The van der Waals surface area contributed by atoms with Crippen molar-refractivity contribution in [2.45, 2.75) is 69.0 Å². The molecule has 1 aliphatic rings. The molecule has 10 heteroatoms. The average Bonchev–Trinajstić information content (AvgIpc) is 2.98. The van der Waals surface area contributed by atoms with E-state index in [9.17, 15) is 13.2 Å². The Morgan fingerprint density at radius 3 is 2.44 bits per heavy atom. The van der Waals surface area contributed by atoms with Crippen molar-refractivity contribution >= 4 is 33.2 Å². The number of nitrogens with one attached hydrogen (secondary N) is 2. The van der Waals surface area contributed by atoms with Crippen molar-refractivity contribution in [2.75, 3.05) is 18.4 Å². The molecule has 4 unspecified atom stereocenters. The predicted octanol–water partition coefficient (Wildman–Crippen LogP) is 6.56. The molecule has 2 N–H and O–H groups in total. The Kier molecular flexibility index (Phi) is 11.0. The average molecular weight is 626 g/mol. The highest BCUT2D eigenvalue weighted by Gasteiger charge is 2.41. The normalized spacial score (nSPS) is 19.0. The van der Waals surface area contributed by atoms with Gasteiger partial charge < -0.3 is 10.6 Å². The summed E-state index contributed by atoms with van der Waals surface area (Å²) < 4.78 is 43.8. The lowest BCUT2D eigenvalue weighted by Gasteiger charge is -2.40. The summed E-state index contributed by atoms with van der Waals surface area (Å²) in [5.41, 5.74) is 1.58. The first-order valence-electron chi connectivity index (χ1n) is 14.6. The van der Waals surface area contributed by atoms with Crippen LogP contribution < -0.4 is 10.6 Å². The van der Waals surface area contributed by atoms with Gasteiger partial charge in [-0.25, -0.2) is 12.8 Å². The second kappa shape index (κ2) is 14.5. The Bertz CT molecular complexity index is 1540. The van der Waals surface area contributed by atoms with Crippen LogP contribution in [0, 0.1) is 18.3 Å². The van der Waals surface area contributed by atoms with Crippen LogP contribution in [0.4, 0.5) is 10.1 Å². The molecule has 0 radical (unpaired) electrons. The van der Waals surface area contributed by atoms with Gasteiger partial charge in [0.15, 0.2) is 0 Å². The van der Waals surface area contributed by atoms with Crippen molar-refractivity contribution in [1.82, 2.24) is 9.62 Å². The van der Waals surface area contributed by atoms with E-state index in [1.54, 1.807) is 58.9 Å². The molecule has 3 aromatic carbocycles. The number of carbonyl (C=O) groups is 1. The molecule has 4 rings (SSSR count). The summed E-state index contributed by atoms with van der Waals surface area (Å²) in [6, 6.07) is 18.8. The maximum absolute atomic E-state index is 15.2. The molecule has 0 aromatic heterocycles. The van der Waals surface area contributed by atoms with E-state index >= 15 is 4.39 Å². The van der Waals surface area contributed by atoms with Crippen molar-refractivity contribution < 1.29 is 17.6 Å². The molecule has 0 saturated carbocycles. The van der Waals surface area contributed by atoms with Gasteiger partial charge in [-0.2, -0.15) is 4.31 Å². The summed E-state index contributed by atoms with van der Waals surface area (Å²) in [5, 5.41) is 6.78. The van der Waals surface area contributed by atoms with Crippen LogP contribution in [-0.4, -0.2) is 49.8 Å². The minimum atomic E-state index is -3.71. The van der Waals surface area contributed by atoms with Crippen LogP contribution in [0.5, 0.6) is 0 Å². The fourth-order valence-corrected chi connectivity index (χ4v) is 7.96. The number of piperazine rings is 1. The second-order valence-corrected chi connectivity index (χ2v) is 13.7. The van der Waals surface area contributed by atoms with Crippen LogP contribution >= 0.6 is 11.6 Å². The maximum atomic E-state index is 15.2. The van der Waals surface area contributed by atoms with E-state index in [-0.39, 0.29) is 28.8 Å². The molecule has 0 spiro atoms. The molecule has 0 aliphatic carbocycles. The molecule has 228 valence electrons. The van der Waals surface area contributed by atoms with E-state index in [1.165, 1.54) is 6.07 Å². The van der Waals surface area contributed by atoms with Gasteiger partial charge in [-0.15, -0.1) is 0 Å². The zero-order valence-electron chi connectivity index (χ0n) is 24.7. The maximum Gasteiger partial charge on any atom is 0.355 e. The van der Waals surface area contributed by atoms with E-state index in [1.807, 2.05) is 32.9 Å². The molecular weight excluding hydrogens is 587 g/mol. The van der Waals surface area contributed by atoms with Gasteiger partial charge >= 0.3 is 11.9 Å². The van der Waals surface area contributed by atoms with Crippen LogP contribution in [0.1, 0.15) is 50.7 Å². The summed E-state index contributed by atoms with van der Waals surface area (Å²) in [6.07, 6.45) is 1.33. The summed E-state index contributed by atoms with van der Waals surface area (Å²) in [7, 11) is -3.71. The topological polar surface area (TPSA) is 82.9 Å². The first-order chi connectivity index (χ1) is 20.5. The largest absolute Gasteiger partial charge is 0.355 e. The van der Waals surface area contributed by atoms with Gasteiger partial charge in [-0.1, -0.05) is 66.7 Å².